The van der Waals surface area contributed by atoms with Gasteiger partial charge in [-0.15, -0.1) is 0 Å². The van der Waals surface area contributed by atoms with Crippen molar-refractivity contribution in [2.75, 3.05) is 19.5 Å². The molecule has 21 heavy (non-hydrogen) atoms. The van der Waals surface area contributed by atoms with E-state index in [1.54, 1.807) is 26.4 Å². The lowest BCUT2D eigenvalue weighted by molar-refractivity contribution is 0.251. The number of hydrogen-bond donors (Lipinski definition) is 2. The SMILES string of the molecule is COc1ccc(CNC(=O)Nc2cccc(OC)c2)cc1. The molecule has 0 fully saturated rings. The molecule has 0 radical (unpaired) electrons. The summed E-state index contributed by atoms with van der Waals surface area (Å²) < 4.78 is 10.2. The zero-order valence-electron chi connectivity index (χ0n) is 12.1. The topological polar surface area (TPSA) is 59.6 Å². The van der Waals surface area contributed by atoms with Crippen LogP contribution in [0.1, 0.15) is 5.56 Å². The zero-order chi connectivity index (χ0) is 15.1. The summed E-state index contributed by atoms with van der Waals surface area (Å²) in [7, 11) is 3.21. The molecule has 0 bridgehead atoms. The van der Waals surface area contributed by atoms with Crippen LogP contribution in [0.4, 0.5) is 10.5 Å². The number of carbonyl (C=O) groups excluding carboxylic acids is 1. The van der Waals surface area contributed by atoms with Crippen LogP contribution in [-0.2, 0) is 6.54 Å². The van der Waals surface area contributed by atoms with Gasteiger partial charge >= 0.3 is 6.03 Å². The second kappa shape index (κ2) is 7.19. The van der Waals surface area contributed by atoms with Crippen molar-refractivity contribution in [2.45, 2.75) is 6.54 Å². The van der Waals surface area contributed by atoms with Crippen LogP contribution in [0.15, 0.2) is 48.5 Å². The van der Waals surface area contributed by atoms with Crippen LogP contribution in [0.3, 0.4) is 0 Å². The molecular weight excluding hydrogens is 268 g/mol. The maximum atomic E-state index is 11.8. The molecule has 0 saturated heterocycles. The Bertz CT molecular complexity index is 597. The van der Waals surface area contributed by atoms with Crippen LogP contribution >= 0.6 is 0 Å². The number of hydrogen-bond acceptors (Lipinski definition) is 3. The first-order valence-corrected chi connectivity index (χ1v) is 6.53. The van der Waals surface area contributed by atoms with Crippen molar-refractivity contribution in [3.05, 3.63) is 54.1 Å². The molecule has 2 aromatic carbocycles. The monoisotopic (exact) mass is 286 g/mol. The van der Waals surface area contributed by atoms with Gasteiger partial charge in [0.2, 0.25) is 0 Å². The second-order valence-electron chi connectivity index (χ2n) is 4.39. The molecule has 0 aromatic heterocycles. The highest BCUT2D eigenvalue weighted by Crippen LogP contribution is 2.16. The van der Waals surface area contributed by atoms with E-state index in [0.29, 0.717) is 18.0 Å². The van der Waals surface area contributed by atoms with Crippen LogP contribution in [0.2, 0.25) is 0 Å². The molecule has 0 aliphatic carbocycles. The molecule has 2 N–H and O–H groups in total. The molecule has 0 saturated carbocycles. The van der Waals surface area contributed by atoms with E-state index < -0.39 is 0 Å². The molecule has 0 unspecified atom stereocenters. The number of ether oxygens (including phenoxy) is 2. The van der Waals surface area contributed by atoms with E-state index in [1.165, 1.54) is 0 Å². The van der Waals surface area contributed by atoms with Gasteiger partial charge in [-0.3, -0.25) is 0 Å². The Balaban J connectivity index is 1.86. The summed E-state index contributed by atoms with van der Waals surface area (Å²) in [6, 6.07) is 14.5. The fourth-order valence-corrected chi connectivity index (χ4v) is 1.80. The summed E-state index contributed by atoms with van der Waals surface area (Å²) >= 11 is 0. The lowest BCUT2D eigenvalue weighted by Crippen LogP contribution is -2.28. The van der Waals surface area contributed by atoms with Gasteiger partial charge in [0.25, 0.3) is 0 Å². The smallest absolute Gasteiger partial charge is 0.319 e. The van der Waals surface area contributed by atoms with Crippen molar-refractivity contribution in [3.8, 4) is 11.5 Å². The van der Waals surface area contributed by atoms with E-state index >= 15 is 0 Å². The van der Waals surface area contributed by atoms with E-state index in [1.807, 2.05) is 36.4 Å². The van der Waals surface area contributed by atoms with Crippen LogP contribution < -0.4 is 20.1 Å². The average molecular weight is 286 g/mol. The number of carbonyl (C=O) groups is 1. The van der Waals surface area contributed by atoms with Gasteiger partial charge in [-0.25, -0.2) is 4.79 Å². The third kappa shape index (κ3) is 4.42. The van der Waals surface area contributed by atoms with E-state index in [2.05, 4.69) is 10.6 Å². The molecule has 0 spiro atoms. The highest BCUT2D eigenvalue weighted by molar-refractivity contribution is 5.89. The minimum atomic E-state index is -0.265. The Morgan fingerprint density at radius 3 is 2.38 bits per heavy atom. The Morgan fingerprint density at radius 1 is 1.00 bits per heavy atom. The van der Waals surface area contributed by atoms with Crippen LogP contribution in [0.5, 0.6) is 11.5 Å². The predicted octanol–water partition coefficient (Wildman–Crippen LogP) is 3.03. The number of anilines is 1. The van der Waals surface area contributed by atoms with Crippen LogP contribution in [-0.4, -0.2) is 20.3 Å². The van der Waals surface area contributed by atoms with Gasteiger partial charge < -0.3 is 20.1 Å². The number of benzene rings is 2. The number of methoxy groups -OCH3 is 2. The molecule has 0 aliphatic rings. The zero-order valence-corrected chi connectivity index (χ0v) is 12.1. The molecular formula is C16H18N2O3. The largest absolute Gasteiger partial charge is 0.497 e. The summed E-state index contributed by atoms with van der Waals surface area (Å²) in [6.07, 6.45) is 0. The molecule has 0 heterocycles. The number of urea groups is 1. The van der Waals surface area contributed by atoms with Gasteiger partial charge in [-0.05, 0) is 29.8 Å². The van der Waals surface area contributed by atoms with Gasteiger partial charge in [0.15, 0.2) is 0 Å². The molecule has 2 amide bonds. The van der Waals surface area contributed by atoms with Gasteiger partial charge in [-0.2, -0.15) is 0 Å². The van der Waals surface area contributed by atoms with E-state index in [-0.39, 0.29) is 6.03 Å². The summed E-state index contributed by atoms with van der Waals surface area (Å²) in [5, 5.41) is 5.55. The molecule has 110 valence electrons. The first kappa shape index (κ1) is 14.7. The molecule has 5 nitrogen and oxygen atoms in total. The van der Waals surface area contributed by atoms with Crippen molar-refractivity contribution < 1.29 is 14.3 Å². The third-order valence-corrected chi connectivity index (χ3v) is 2.94. The highest BCUT2D eigenvalue weighted by atomic mass is 16.5. The Hall–Kier alpha value is -2.69. The third-order valence-electron chi connectivity index (χ3n) is 2.94. The minimum absolute atomic E-state index is 0.265. The van der Waals surface area contributed by atoms with Crippen LogP contribution in [0, 0.1) is 0 Å². The molecule has 2 aromatic rings. The summed E-state index contributed by atoms with van der Waals surface area (Å²) in [4.78, 5) is 11.8. The summed E-state index contributed by atoms with van der Waals surface area (Å²) in [6.45, 7) is 0.444. The van der Waals surface area contributed by atoms with Crippen molar-refractivity contribution in [1.82, 2.24) is 5.32 Å². The Labute approximate surface area is 123 Å². The molecule has 0 aliphatic heterocycles. The Morgan fingerprint density at radius 2 is 1.71 bits per heavy atom. The van der Waals surface area contributed by atoms with E-state index in [9.17, 15) is 4.79 Å². The number of nitrogens with one attached hydrogen (secondary N) is 2. The summed E-state index contributed by atoms with van der Waals surface area (Å²) in [5.74, 6) is 1.49. The van der Waals surface area contributed by atoms with Gasteiger partial charge in [0, 0.05) is 18.3 Å². The van der Waals surface area contributed by atoms with Gasteiger partial charge in [-0.1, -0.05) is 18.2 Å². The van der Waals surface area contributed by atoms with Gasteiger partial charge in [0.05, 0.1) is 14.2 Å². The lowest BCUT2D eigenvalue weighted by atomic mass is 10.2. The fraction of sp³-hybridized carbons (Fsp3) is 0.188. The number of amides is 2. The quantitative estimate of drug-likeness (QED) is 0.888. The highest BCUT2D eigenvalue weighted by Gasteiger charge is 2.03. The lowest BCUT2D eigenvalue weighted by Gasteiger charge is -2.09. The maximum Gasteiger partial charge on any atom is 0.319 e. The summed E-state index contributed by atoms with van der Waals surface area (Å²) in [5.41, 5.74) is 1.68. The van der Waals surface area contributed by atoms with Crippen molar-refractivity contribution >= 4 is 11.7 Å². The first-order chi connectivity index (χ1) is 10.2. The van der Waals surface area contributed by atoms with Gasteiger partial charge in [0.1, 0.15) is 11.5 Å². The van der Waals surface area contributed by atoms with Crippen molar-refractivity contribution in [2.24, 2.45) is 0 Å². The molecule has 0 atom stereocenters. The first-order valence-electron chi connectivity index (χ1n) is 6.53. The van der Waals surface area contributed by atoms with E-state index in [4.69, 9.17) is 9.47 Å². The fourth-order valence-electron chi connectivity index (χ4n) is 1.80. The van der Waals surface area contributed by atoms with Crippen molar-refractivity contribution in [1.29, 1.82) is 0 Å². The second-order valence-corrected chi connectivity index (χ2v) is 4.39. The predicted molar refractivity (Wildman–Crippen MR) is 81.8 cm³/mol. The van der Waals surface area contributed by atoms with Crippen molar-refractivity contribution in [3.63, 3.8) is 0 Å². The maximum absolute atomic E-state index is 11.8. The number of rotatable bonds is 5. The standard InChI is InChI=1S/C16H18N2O3/c1-20-14-8-6-12(7-9-14)11-17-16(19)18-13-4-3-5-15(10-13)21-2/h3-10H,11H2,1-2H3,(H2,17,18,19). The molecule has 2 rings (SSSR count). The average Bonchev–Trinajstić information content (AvgIpc) is 2.53. The minimum Gasteiger partial charge on any atom is -0.497 e. The van der Waals surface area contributed by atoms with E-state index in [0.717, 1.165) is 11.3 Å². The Kier molecular flexibility index (Phi) is 5.04. The van der Waals surface area contributed by atoms with Crippen LogP contribution in [0.25, 0.3) is 0 Å². The normalized spacial score (nSPS) is 9.81. The molecule has 5 heteroatoms.